The van der Waals surface area contributed by atoms with Crippen LogP contribution in [0.4, 0.5) is 0 Å². The van der Waals surface area contributed by atoms with Crippen molar-refractivity contribution in [3.63, 3.8) is 0 Å². The number of ether oxygens (including phenoxy) is 2. The number of hydrogen-bond acceptors (Lipinski definition) is 6. The molecule has 3 aromatic rings. The fourth-order valence-electron chi connectivity index (χ4n) is 3.99. The molecule has 1 saturated heterocycles. The van der Waals surface area contributed by atoms with E-state index in [4.69, 9.17) is 9.47 Å². The summed E-state index contributed by atoms with van der Waals surface area (Å²) in [5.41, 5.74) is 2.53. The van der Waals surface area contributed by atoms with Crippen molar-refractivity contribution in [1.82, 2.24) is 0 Å². The minimum atomic E-state index is -1.10. The molecule has 1 aromatic heterocycles. The van der Waals surface area contributed by atoms with Gasteiger partial charge >= 0.3 is 0 Å². The number of thiophene rings is 1. The quantitative estimate of drug-likeness (QED) is 0.593. The van der Waals surface area contributed by atoms with Gasteiger partial charge in [0.1, 0.15) is 18.0 Å². The van der Waals surface area contributed by atoms with Gasteiger partial charge in [0.05, 0.1) is 18.8 Å². The topological polar surface area (TPSA) is 79.2 Å². The number of rotatable bonds is 5. The minimum absolute atomic E-state index is 0.0666. The van der Waals surface area contributed by atoms with Gasteiger partial charge in [-0.05, 0) is 47.7 Å². The molecule has 0 bridgehead atoms. The Morgan fingerprint density at radius 2 is 1.97 bits per heavy atom. The zero-order chi connectivity index (χ0) is 20.5. The van der Waals surface area contributed by atoms with Gasteiger partial charge in [-0.25, -0.2) is 0 Å². The highest BCUT2D eigenvalue weighted by atomic mass is 32.1. The Labute approximate surface area is 174 Å². The Morgan fingerprint density at radius 3 is 2.72 bits per heavy atom. The number of phenols is 1. The second kappa shape index (κ2) is 8.42. The fraction of sp³-hybridized carbons (Fsp3) is 0.391. The molecule has 5 nitrogen and oxygen atoms in total. The van der Waals surface area contributed by atoms with Crippen molar-refractivity contribution in [3.05, 3.63) is 64.0 Å². The molecule has 2 heterocycles. The molecule has 0 amide bonds. The van der Waals surface area contributed by atoms with Crippen molar-refractivity contribution in [1.29, 1.82) is 0 Å². The van der Waals surface area contributed by atoms with Crippen molar-refractivity contribution in [2.45, 2.75) is 44.2 Å². The number of methoxy groups -OCH3 is 1. The molecule has 1 fully saturated rings. The second-order valence-electron chi connectivity index (χ2n) is 7.69. The summed E-state index contributed by atoms with van der Waals surface area (Å²) in [5, 5.41) is 32.6. The van der Waals surface area contributed by atoms with Gasteiger partial charge < -0.3 is 24.8 Å². The first-order chi connectivity index (χ1) is 14.0. The third-order valence-corrected chi connectivity index (χ3v) is 6.65. The normalized spacial score (nSPS) is 24.8. The van der Waals surface area contributed by atoms with E-state index >= 15 is 0 Å². The van der Waals surface area contributed by atoms with Crippen LogP contribution in [0.3, 0.4) is 0 Å². The number of aliphatic hydroxyl groups is 2. The minimum Gasteiger partial charge on any atom is -0.508 e. The van der Waals surface area contributed by atoms with Gasteiger partial charge in [0.15, 0.2) is 0 Å². The van der Waals surface area contributed by atoms with Gasteiger partial charge in [-0.2, -0.15) is 0 Å². The first-order valence-corrected chi connectivity index (χ1v) is 10.6. The van der Waals surface area contributed by atoms with Crippen LogP contribution in [0, 0.1) is 6.92 Å². The predicted octanol–water partition coefficient (Wildman–Crippen LogP) is 3.70. The smallest absolute Gasteiger partial charge is 0.121 e. The highest BCUT2D eigenvalue weighted by Crippen LogP contribution is 2.38. The molecule has 1 aliphatic rings. The Morgan fingerprint density at radius 1 is 1.17 bits per heavy atom. The van der Waals surface area contributed by atoms with E-state index in [-0.39, 0.29) is 11.9 Å². The highest BCUT2D eigenvalue weighted by Gasteiger charge is 2.39. The third kappa shape index (κ3) is 4.17. The lowest BCUT2D eigenvalue weighted by Crippen LogP contribution is -2.44. The molecule has 1 aliphatic heterocycles. The van der Waals surface area contributed by atoms with Crippen LogP contribution in [0.5, 0.6) is 5.75 Å². The van der Waals surface area contributed by atoms with Crippen LogP contribution in [-0.2, 0) is 15.9 Å². The SMILES string of the molecule is COCC1CC(O)C(O)C(c2cc(Cc3cc4ccccc4s3)c(C)cc2O)O1. The lowest BCUT2D eigenvalue weighted by Gasteiger charge is -2.37. The summed E-state index contributed by atoms with van der Waals surface area (Å²) in [6.45, 7) is 2.29. The number of benzene rings is 2. The Kier molecular flexibility index (Phi) is 5.90. The molecule has 29 heavy (non-hydrogen) atoms. The Hall–Kier alpha value is -1.96. The number of aromatic hydroxyl groups is 1. The van der Waals surface area contributed by atoms with Crippen molar-refractivity contribution >= 4 is 21.4 Å². The van der Waals surface area contributed by atoms with Crippen LogP contribution >= 0.6 is 11.3 Å². The molecule has 0 saturated carbocycles. The standard InChI is InChI=1S/C23H26O5S/c1-13-7-19(24)18(23-22(26)20(25)11-16(28-23)12-27-2)10-15(13)9-17-8-14-5-3-4-6-21(14)29-17/h3-8,10,16,20,22-26H,9,11-12H2,1-2H3. The number of aliphatic hydroxyl groups excluding tert-OH is 2. The van der Waals surface area contributed by atoms with E-state index < -0.39 is 18.3 Å². The van der Waals surface area contributed by atoms with Crippen LogP contribution in [0.1, 0.15) is 34.1 Å². The molecule has 4 unspecified atom stereocenters. The fourth-order valence-corrected chi connectivity index (χ4v) is 5.08. The molecule has 2 aromatic carbocycles. The molecule has 154 valence electrons. The predicted molar refractivity (Wildman–Crippen MR) is 114 cm³/mol. The average molecular weight is 415 g/mol. The largest absolute Gasteiger partial charge is 0.508 e. The highest BCUT2D eigenvalue weighted by molar-refractivity contribution is 7.19. The average Bonchev–Trinajstić information content (AvgIpc) is 3.09. The maximum absolute atomic E-state index is 10.6. The van der Waals surface area contributed by atoms with Crippen LogP contribution in [0.2, 0.25) is 0 Å². The molecule has 6 heteroatoms. The number of hydrogen-bond donors (Lipinski definition) is 3. The maximum Gasteiger partial charge on any atom is 0.121 e. The monoisotopic (exact) mass is 414 g/mol. The van der Waals surface area contributed by atoms with Crippen molar-refractivity contribution in [2.75, 3.05) is 13.7 Å². The van der Waals surface area contributed by atoms with Gasteiger partial charge in [0.2, 0.25) is 0 Å². The molecule has 4 atom stereocenters. The molecule has 0 radical (unpaired) electrons. The van der Waals surface area contributed by atoms with E-state index in [0.29, 0.717) is 18.6 Å². The van der Waals surface area contributed by atoms with Crippen LogP contribution in [-0.4, -0.2) is 47.3 Å². The van der Waals surface area contributed by atoms with Crippen LogP contribution in [0.25, 0.3) is 10.1 Å². The summed E-state index contributed by atoms with van der Waals surface area (Å²) in [4.78, 5) is 1.23. The molecule has 3 N–H and O–H groups in total. The molecule has 0 aliphatic carbocycles. The Bertz CT molecular complexity index is 965. The lowest BCUT2D eigenvalue weighted by atomic mass is 9.90. The van der Waals surface area contributed by atoms with Crippen LogP contribution < -0.4 is 0 Å². The van der Waals surface area contributed by atoms with E-state index in [1.165, 1.54) is 15.0 Å². The number of phenolic OH excluding ortho intramolecular Hbond substituents is 1. The van der Waals surface area contributed by atoms with E-state index in [9.17, 15) is 15.3 Å². The van der Waals surface area contributed by atoms with Crippen LogP contribution in [0.15, 0.2) is 42.5 Å². The van der Waals surface area contributed by atoms with Crippen molar-refractivity contribution < 1.29 is 24.8 Å². The van der Waals surface area contributed by atoms with Gasteiger partial charge in [-0.15, -0.1) is 11.3 Å². The van der Waals surface area contributed by atoms with E-state index in [1.54, 1.807) is 24.5 Å². The van der Waals surface area contributed by atoms with Gasteiger partial charge in [-0.1, -0.05) is 18.2 Å². The summed E-state index contributed by atoms with van der Waals surface area (Å²) in [5.74, 6) is 0.0666. The number of aryl methyl sites for hydroxylation is 1. The zero-order valence-electron chi connectivity index (χ0n) is 16.5. The maximum atomic E-state index is 10.6. The zero-order valence-corrected chi connectivity index (χ0v) is 17.4. The summed E-state index contributed by atoms with van der Waals surface area (Å²) in [7, 11) is 1.57. The molecular weight excluding hydrogens is 388 g/mol. The van der Waals surface area contributed by atoms with Gasteiger partial charge in [0.25, 0.3) is 0 Å². The van der Waals surface area contributed by atoms with Gasteiger partial charge in [0, 0.05) is 35.1 Å². The molecule has 4 rings (SSSR count). The Balaban J connectivity index is 1.65. The summed E-state index contributed by atoms with van der Waals surface area (Å²) >= 11 is 1.75. The van der Waals surface area contributed by atoms with Crippen molar-refractivity contribution in [3.8, 4) is 5.75 Å². The van der Waals surface area contributed by atoms with E-state index in [0.717, 1.165) is 17.5 Å². The summed E-state index contributed by atoms with van der Waals surface area (Å²) in [6, 6.07) is 14.1. The van der Waals surface area contributed by atoms with E-state index in [2.05, 4.69) is 18.2 Å². The molecule has 0 spiro atoms. The first-order valence-electron chi connectivity index (χ1n) is 9.76. The van der Waals surface area contributed by atoms with Gasteiger partial charge in [-0.3, -0.25) is 0 Å². The second-order valence-corrected chi connectivity index (χ2v) is 8.86. The summed E-state index contributed by atoms with van der Waals surface area (Å²) < 4.78 is 12.4. The van der Waals surface area contributed by atoms with E-state index in [1.807, 2.05) is 25.1 Å². The lowest BCUT2D eigenvalue weighted by molar-refractivity contribution is -0.182. The summed E-state index contributed by atoms with van der Waals surface area (Å²) in [6.07, 6.45) is -2.15. The third-order valence-electron chi connectivity index (χ3n) is 5.53. The number of fused-ring (bicyclic) bond motifs is 1. The molecular formula is C23H26O5S. The van der Waals surface area contributed by atoms with Crippen molar-refractivity contribution in [2.24, 2.45) is 0 Å². The first kappa shape index (κ1) is 20.3.